The summed E-state index contributed by atoms with van der Waals surface area (Å²) in [6.45, 7) is 7.13. The monoisotopic (exact) mass is 452 g/mol. The number of carbonyl (C=O) groups is 1. The fourth-order valence-electron chi connectivity index (χ4n) is 4.92. The van der Waals surface area contributed by atoms with E-state index in [9.17, 15) is 15.0 Å². The number of nitrogens with zero attached hydrogens (tertiary/aromatic N) is 1. The van der Waals surface area contributed by atoms with Gasteiger partial charge in [-0.1, -0.05) is 32.9 Å². The van der Waals surface area contributed by atoms with Gasteiger partial charge in [0.15, 0.2) is 0 Å². The Labute approximate surface area is 197 Å². The van der Waals surface area contributed by atoms with Crippen LogP contribution in [0.5, 0.6) is 5.75 Å². The van der Waals surface area contributed by atoms with Crippen molar-refractivity contribution in [2.75, 3.05) is 18.5 Å². The molecule has 2 heterocycles. The van der Waals surface area contributed by atoms with Gasteiger partial charge in [-0.3, -0.25) is 4.79 Å². The molecule has 1 aliphatic heterocycles. The van der Waals surface area contributed by atoms with E-state index in [1.165, 1.54) is 5.56 Å². The molecule has 0 saturated heterocycles. The van der Waals surface area contributed by atoms with E-state index < -0.39 is 11.5 Å². The van der Waals surface area contributed by atoms with Gasteiger partial charge in [0.05, 0.1) is 31.3 Å². The molecule has 178 valence electrons. The number of aromatic nitrogens is 1. The lowest BCUT2D eigenvalue weighted by Crippen LogP contribution is -2.27. The number of fused-ring (bicyclic) bond motifs is 2. The van der Waals surface area contributed by atoms with Crippen LogP contribution in [0.25, 0.3) is 10.9 Å². The van der Waals surface area contributed by atoms with E-state index in [0.717, 1.165) is 52.9 Å². The van der Waals surface area contributed by atoms with Crippen LogP contribution in [0.3, 0.4) is 0 Å². The van der Waals surface area contributed by atoms with Crippen molar-refractivity contribution < 1.29 is 22.6 Å². The summed E-state index contributed by atoms with van der Waals surface area (Å²) >= 11 is 0. The summed E-state index contributed by atoms with van der Waals surface area (Å²) < 4.78 is 7.78. The number of hydrogen-bond acceptors (Lipinski definition) is 4. The molecule has 6 heteroatoms. The van der Waals surface area contributed by atoms with Crippen LogP contribution in [0.2, 0.25) is 0 Å². The minimum absolute atomic E-state index is 0. The summed E-state index contributed by atoms with van der Waals surface area (Å²) in [4.78, 5) is 13.3. The highest BCUT2D eigenvalue weighted by molar-refractivity contribution is 6.02. The molecular formula is C27H36N2O4. The van der Waals surface area contributed by atoms with Crippen molar-refractivity contribution in [3.8, 4) is 5.75 Å². The standard InChI is InChI=1S/C27H32N2O4.2H2/c1-26(2,3)24-13-18-12-20(6-7-22(18)29(24)15-21(31)16-30)28-25(32)27(9-10-27)19-5-4-17-8-11-33-23(17)14-19;;/h4-7,12-14,21,30-31H,8-11,15-16H2,1-3H3,(H,28,32);2*1H/t21-;;/m1../s1. The molecule has 2 aromatic carbocycles. The van der Waals surface area contributed by atoms with E-state index in [0.29, 0.717) is 13.2 Å². The van der Waals surface area contributed by atoms with E-state index in [2.05, 4.69) is 48.9 Å². The maximum absolute atomic E-state index is 13.3. The molecule has 0 unspecified atom stereocenters. The second-order valence-corrected chi connectivity index (χ2v) is 10.5. The number of aliphatic hydroxyl groups excluding tert-OH is 2. The second kappa shape index (κ2) is 7.89. The van der Waals surface area contributed by atoms with Gasteiger partial charge in [0.1, 0.15) is 5.75 Å². The van der Waals surface area contributed by atoms with Crippen LogP contribution in [0.15, 0.2) is 42.5 Å². The number of rotatable bonds is 6. The highest BCUT2D eigenvalue weighted by Gasteiger charge is 2.51. The average Bonchev–Trinajstić information content (AvgIpc) is 3.32. The molecule has 0 radical (unpaired) electrons. The number of ether oxygens (including phenoxy) is 1. The topological polar surface area (TPSA) is 83.7 Å². The molecule has 0 spiro atoms. The van der Waals surface area contributed by atoms with Crippen molar-refractivity contribution in [1.29, 1.82) is 0 Å². The van der Waals surface area contributed by atoms with E-state index in [-0.39, 0.29) is 20.8 Å². The zero-order chi connectivity index (χ0) is 23.4. The van der Waals surface area contributed by atoms with Gasteiger partial charge < -0.3 is 24.8 Å². The molecule has 0 bridgehead atoms. The highest BCUT2D eigenvalue weighted by Crippen LogP contribution is 2.50. The Morgan fingerprint density at radius 2 is 2.00 bits per heavy atom. The summed E-state index contributed by atoms with van der Waals surface area (Å²) in [5.41, 5.74) is 4.44. The zero-order valence-corrected chi connectivity index (χ0v) is 19.5. The number of anilines is 1. The molecule has 1 aliphatic carbocycles. The van der Waals surface area contributed by atoms with Crippen LogP contribution in [0.1, 0.15) is 53.3 Å². The van der Waals surface area contributed by atoms with Crippen LogP contribution < -0.4 is 10.1 Å². The van der Waals surface area contributed by atoms with Crippen molar-refractivity contribution >= 4 is 22.5 Å². The number of aliphatic hydroxyl groups is 2. The van der Waals surface area contributed by atoms with Crippen LogP contribution >= 0.6 is 0 Å². The zero-order valence-electron chi connectivity index (χ0n) is 19.5. The summed E-state index contributed by atoms with van der Waals surface area (Å²) in [6, 6.07) is 14.2. The van der Waals surface area contributed by atoms with Crippen molar-refractivity contribution in [2.45, 2.75) is 63.5 Å². The van der Waals surface area contributed by atoms with Gasteiger partial charge in [-0.2, -0.15) is 0 Å². The van der Waals surface area contributed by atoms with Crippen LogP contribution in [-0.2, 0) is 28.6 Å². The quantitative estimate of drug-likeness (QED) is 0.518. The fraction of sp³-hybridized carbons (Fsp3) is 0.444. The van der Waals surface area contributed by atoms with Gasteiger partial charge in [-0.25, -0.2) is 0 Å². The van der Waals surface area contributed by atoms with Crippen LogP contribution in [-0.4, -0.2) is 40.0 Å². The number of amides is 1. The average molecular weight is 453 g/mol. The predicted molar refractivity (Wildman–Crippen MR) is 133 cm³/mol. The van der Waals surface area contributed by atoms with Gasteiger partial charge in [0, 0.05) is 37.0 Å². The molecule has 2 aliphatic rings. The summed E-state index contributed by atoms with van der Waals surface area (Å²) in [5.74, 6) is 0.931. The van der Waals surface area contributed by atoms with E-state index in [1.54, 1.807) is 0 Å². The first-order valence-electron chi connectivity index (χ1n) is 11.7. The Hall–Kier alpha value is -2.83. The SMILES string of the molecule is CC(C)(C)c1cc2cc(NC(=O)C3(c4ccc5c(c4)OCC5)CC3)ccc2n1C[C@@H](O)CO.[HH].[HH]. The highest BCUT2D eigenvalue weighted by atomic mass is 16.5. The van der Waals surface area contributed by atoms with Crippen LogP contribution in [0, 0.1) is 0 Å². The molecule has 1 amide bonds. The third-order valence-electron chi connectivity index (χ3n) is 6.97. The van der Waals surface area contributed by atoms with Crippen molar-refractivity contribution in [1.82, 2.24) is 4.57 Å². The molecule has 3 N–H and O–H groups in total. The lowest BCUT2D eigenvalue weighted by atomic mass is 9.92. The fourth-order valence-corrected chi connectivity index (χ4v) is 4.92. The third kappa shape index (κ3) is 3.91. The van der Waals surface area contributed by atoms with Gasteiger partial charge >= 0.3 is 0 Å². The maximum Gasteiger partial charge on any atom is 0.235 e. The normalized spacial score (nSPS) is 17.5. The minimum atomic E-state index is -0.827. The molecule has 1 atom stereocenters. The summed E-state index contributed by atoms with van der Waals surface area (Å²) in [5, 5.41) is 23.6. The first kappa shape index (κ1) is 22.0. The van der Waals surface area contributed by atoms with Crippen molar-refractivity contribution in [3.63, 3.8) is 0 Å². The lowest BCUT2D eigenvalue weighted by molar-refractivity contribution is -0.118. The van der Waals surface area contributed by atoms with Crippen molar-refractivity contribution in [3.05, 3.63) is 59.3 Å². The van der Waals surface area contributed by atoms with Gasteiger partial charge in [-0.15, -0.1) is 0 Å². The largest absolute Gasteiger partial charge is 0.493 e. The Bertz CT molecular complexity index is 1230. The Morgan fingerprint density at radius 3 is 2.70 bits per heavy atom. The summed E-state index contributed by atoms with van der Waals surface area (Å²) in [7, 11) is 0. The smallest absolute Gasteiger partial charge is 0.235 e. The van der Waals surface area contributed by atoms with E-state index in [1.807, 2.05) is 24.3 Å². The number of hydrogen-bond donors (Lipinski definition) is 3. The first-order chi connectivity index (χ1) is 15.7. The van der Waals surface area contributed by atoms with Crippen molar-refractivity contribution in [2.24, 2.45) is 0 Å². The van der Waals surface area contributed by atoms with Gasteiger partial charge in [0.2, 0.25) is 5.91 Å². The Morgan fingerprint density at radius 1 is 1.21 bits per heavy atom. The molecule has 33 heavy (non-hydrogen) atoms. The maximum atomic E-state index is 13.3. The summed E-state index contributed by atoms with van der Waals surface area (Å²) in [6.07, 6.45) is 1.78. The predicted octanol–water partition coefficient (Wildman–Crippen LogP) is 4.39. The number of benzene rings is 2. The number of nitrogens with one attached hydrogen (secondary N) is 1. The lowest BCUT2D eigenvalue weighted by Gasteiger charge is -2.23. The third-order valence-corrected chi connectivity index (χ3v) is 6.97. The Balaban J connectivity index is 0.00000171. The second-order valence-electron chi connectivity index (χ2n) is 10.5. The van der Waals surface area contributed by atoms with Gasteiger partial charge in [-0.05, 0) is 54.3 Å². The van der Waals surface area contributed by atoms with E-state index in [4.69, 9.17) is 4.74 Å². The minimum Gasteiger partial charge on any atom is -0.493 e. The van der Waals surface area contributed by atoms with E-state index >= 15 is 0 Å². The molecule has 3 aromatic rings. The molecule has 1 saturated carbocycles. The van der Waals surface area contributed by atoms with Crippen LogP contribution in [0.4, 0.5) is 5.69 Å². The number of carbonyl (C=O) groups excluding carboxylic acids is 1. The first-order valence-corrected chi connectivity index (χ1v) is 11.7. The molecule has 1 aromatic heterocycles. The molecule has 1 fully saturated rings. The molecule has 6 nitrogen and oxygen atoms in total. The molecular weight excluding hydrogens is 416 g/mol. The van der Waals surface area contributed by atoms with Gasteiger partial charge in [0.25, 0.3) is 0 Å². The molecule has 5 rings (SSSR count). The Kier molecular flexibility index (Phi) is 5.26.